The molecule has 1 saturated heterocycles. The Bertz CT molecular complexity index is 767. The van der Waals surface area contributed by atoms with Crippen LogP contribution >= 0.6 is 0 Å². The molecule has 2 rings (SSSR count). The number of rotatable bonds is 8. The van der Waals surface area contributed by atoms with Gasteiger partial charge < -0.3 is 10.0 Å². The predicted molar refractivity (Wildman–Crippen MR) is 130 cm³/mol. The molecule has 31 heavy (non-hydrogen) atoms. The summed E-state index contributed by atoms with van der Waals surface area (Å²) in [7, 11) is 0. The zero-order chi connectivity index (χ0) is 23.6. The summed E-state index contributed by atoms with van der Waals surface area (Å²) in [5, 5.41) is 19.6. The van der Waals surface area contributed by atoms with Crippen LogP contribution in [0, 0.1) is 5.41 Å². The second kappa shape index (κ2) is 9.72. The number of amidine groups is 1. The van der Waals surface area contributed by atoms with Gasteiger partial charge in [0.2, 0.25) is 0 Å². The third kappa shape index (κ3) is 5.88. The normalized spacial score (nSPS) is 17.6. The van der Waals surface area contributed by atoms with Gasteiger partial charge in [0.1, 0.15) is 11.6 Å². The van der Waals surface area contributed by atoms with Crippen molar-refractivity contribution in [2.24, 2.45) is 0 Å². The van der Waals surface area contributed by atoms with Gasteiger partial charge in [0, 0.05) is 23.2 Å². The lowest BCUT2D eigenvalue weighted by Crippen LogP contribution is -2.43. The smallest absolute Gasteiger partial charge is 0.182 e. The van der Waals surface area contributed by atoms with Crippen molar-refractivity contribution in [2.75, 3.05) is 26.2 Å². The van der Waals surface area contributed by atoms with Crippen LogP contribution in [-0.2, 0) is 10.8 Å². The number of carbonyl (C=O) groups excluding carboxylic acids is 1. The summed E-state index contributed by atoms with van der Waals surface area (Å²) >= 11 is 0. The first-order valence-corrected chi connectivity index (χ1v) is 11.8. The number of likely N-dealkylation sites (tertiary alicyclic amines) is 1. The second-order valence-corrected chi connectivity index (χ2v) is 10.9. The van der Waals surface area contributed by atoms with Gasteiger partial charge in [0.15, 0.2) is 5.78 Å². The maximum Gasteiger partial charge on any atom is 0.182 e. The average Bonchev–Trinajstić information content (AvgIpc) is 3.01. The number of Topliss-reactive ketones (excluding diaryl/α,β-unsaturated/α-hetero) is 1. The molecule has 1 aliphatic rings. The van der Waals surface area contributed by atoms with Crippen molar-refractivity contribution >= 4 is 11.6 Å². The standard InChI is InChI=1S/C26H43N3O2/c1-9-11-13-28(10-2)21-12-14-29(24(21)27)17-22(30)18-15-19(25(3,4)5)23(31)20(16-18)26(6,7)8/h15-16,21,27,31H,9-14,17H2,1-8H3. The largest absolute Gasteiger partial charge is 0.507 e. The number of aromatic hydroxyl groups is 1. The van der Waals surface area contributed by atoms with E-state index in [1.807, 2.05) is 17.0 Å². The Balaban J connectivity index is 2.27. The van der Waals surface area contributed by atoms with Crippen LogP contribution in [0.5, 0.6) is 5.75 Å². The minimum atomic E-state index is -0.271. The summed E-state index contributed by atoms with van der Waals surface area (Å²) in [6, 6.07) is 3.81. The molecule has 1 aromatic rings. The number of hydrogen-bond acceptors (Lipinski definition) is 4. The summed E-state index contributed by atoms with van der Waals surface area (Å²) in [5.74, 6) is 0.871. The number of phenolic OH excluding ortho intramolecular Hbond substituents is 1. The van der Waals surface area contributed by atoms with Crippen LogP contribution in [0.2, 0.25) is 0 Å². The van der Waals surface area contributed by atoms with Gasteiger partial charge in [-0.25, -0.2) is 0 Å². The molecule has 1 atom stereocenters. The predicted octanol–water partition coefficient (Wildman–Crippen LogP) is 5.34. The molecule has 0 radical (unpaired) electrons. The number of hydrogen-bond donors (Lipinski definition) is 2. The van der Waals surface area contributed by atoms with E-state index in [4.69, 9.17) is 5.41 Å². The van der Waals surface area contributed by atoms with Crippen molar-refractivity contribution in [2.45, 2.75) is 91.5 Å². The van der Waals surface area contributed by atoms with E-state index in [9.17, 15) is 9.90 Å². The Morgan fingerprint density at radius 1 is 1.13 bits per heavy atom. The van der Waals surface area contributed by atoms with E-state index in [2.05, 4.69) is 60.3 Å². The fourth-order valence-corrected chi connectivity index (χ4v) is 4.36. The fourth-order valence-electron chi connectivity index (χ4n) is 4.36. The van der Waals surface area contributed by atoms with Gasteiger partial charge >= 0.3 is 0 Å². The second-order valence-electron chi connectivity index (χ2n) is 10.9. The van der Waals surface area contributed by atoms with Gasteiger partial charge in [-0.1, -0.05) is 61.8 Å². The summed E-state index contributed by atoms with van der Waals surface area (Å²) < 4.78 is 0. The van der Waals surface area contributed by atoms with Crippen LogP contribution in [0.15, 0.2) is 12.1 Å². The van der Waals surface area contributed by atoms with E-state index >= 15 is 0 Å². The lowest BCUT2D eigenvalue weighted by Gasteiger charge is -2.29. The Kier molecular flexibility index (Phi) is 7.96. The highest BCUT2D eigenvalue weighted by molar-refractivity contribution is 6.01. The van der Waals surface area contributed by atoms with Crippen LogP contribution < -0.4 is 0 Å². The molecule has 174 valence electrons. The van der Waals surface area contributed by atoms with Crippen LogP contribution in [0.4, 0.5) is 0 Å². The fraction of sp³-hybridized carbons (Fsp3) is 0.692. The number of carbonyl (C=O) groups is 1. The number of ketones is 1. The van der Waals surface area contributed by atoms with Crippen molar-refractivity contribution in [3.05, 3.63) is 28.8 Å². The zero-order valence-electron chi connectivity index (χ0n) is 20.9. The SMILES string of the molecule is CCCCN(CC)C1CCN(CC(=O)c2cc(C(C)(C)C)c(O)c(C(C)(C)C)c2)C1=N. The molecule has 1 heterocycles. The minimum absolute atomic E-state index is 0.0120. The molecule has 1 aromatic carbocycles. The van der Waals surface area contributed by atoms with E-state index in [1.54, 1.807) is 0 Å². The summed E-state index contributed by atoms with van der Waals surface area (Å²) in [6.07, 6.45) is 3.18. The number of phenols is 1. The summed E-state index contributed by atoms with van der Waals surface area (Å²) in [6.45, 7) is 19.6. The Morgan fingerprint density at radius 3 is 2.13 bits per heavy atom. The van der Waals surface area contributed by atoms with Crippen LogP contribution in [-0.4, -0.2) is 58.7 Å². The molecule has 2 N–H and O–H groups in total. The van der Waals surface area contributed by atoms with Crippen molar-refractivity contribution < 1.29 is 9.90 Å². The molecule has 0 spiro atoms. The first kappa shape index (κ1) is 25.4. The number of unbranched alkanes of at least 4 members (excludes halogenated alkanes) is 1. The summed E-state index contributed by atoms with van der Waals surface area (Å²) in [4.78, 5) is 17.6. The van der Waals surface area contributed by atoms with Crippen LogP contribution in [0.1, 0.15) is 96.1 Å². The van der Waals surface area contributed by atoms with Gasteiger partial charge in [0.25, 0.3) is 0 Å². The molecule has 1 unspecified atom stereocenters. The van der Waals surface area contributed by atoms with Crippen molar-refractivity contribution in [3.8, 4) is 5.75 Å². The first-order valence-electron chi connectivity index (χ1n) is 11.8. The highest BCUT2D eigenvalue weighted by atomic mass is 16.3. The molecule has 0 aromatic heterocycles. The Hall–Kier alpha value is -1.88. The Morgan fingerprint density at radius 2 is 1.68 bits per heavy atom. The molecular weight excluding hydrogens is 386 g/mol. The molecule has 5 nitrogen and oxygen atoms in total. The third-order valence-corrected chi connectivity index (χ3v) is 6.36. The molecule has 0 saturated carbocycles. The maximum atomic E-state index is 13.3. The maximum absolute atomic E-state index is 13.3. The highest BCUT2D eigenvalue weighted by Crippen LogP contribution is 2.40. The number of nitrogens with zero attached hydrogens (tertiary/aromatic N) is 2. The van der Waals surface area contributed by atoms with Crippen molar-refractivity contribution in [3.63, 3.8) is 0 Å². The molecule has 1 fully saturated rings. The lowest BCUT2D eigenvalue weighted by atomic mass is 9.78. The monoisotopic (exact) mass is 429 g/mol. The zero-order valence-corrected chi connectivity index (χ0v) is 20.9. The van der Waals surface area contributed by atoms with Gasteiger partial charge in [-0.15, -0.1) is 0 Å². The molecule has 0 bridgehead atoms. The minimum Gasteiger partial charge on any atom is -0.507 e. The van der Waals surface area contributed by atoms with E-state index in [0.717, 1.165) is 50.0 Å². The van der Waals surface area contributed by atoms with Crippen LogP contribution in [0.3, 0.4) is 0 Å². The number of benzene rings is 1. The summed E-state index contributed by atoms with van der Waals surface area (Å²) in [5.41, 5.74) is 1.69. The van der Waals surface area contributed by atoms with Crippen molar-refractivity contribution in [1.29, 1.82) is 5.41 Å². The third-order valence-electron chi connectivity index (χ3n) is 6.36. The van der Waals surface area contributed by atoms with Gasteiger partial charge in [-0.05, 0) is 48.9 Å². The van der Waals surface area contributed by atoms with Crippen LogP contribution in [0.25, 0.3) is 0 Å². The van der Waals surface area contributed by atoms with Gasteiger partial charge in [-0.2, -0.15) is 0 Å². The molecular formula is C26H43N3O2. The first-order chi connectivity index (χ1) is 14.3. The number of nitrogens with one attached hydrogen (secondary N) is 1. The highest BCUT2D eigenvalue weighted by Gasteiger charge is 2.34. The Labute approximate surface area is 189 Å². The average molecular weight is 430 g/mol. The topological polar surface area (TPSA) is 67.6 Å². The quantitative estimate of drug-likeness (QED) is 0.547. The van der Waals surface area contributed by atoms with E-state index in [1.165, 1.54) is 0 Å². The number of likely N-dealkylation sites (N-methyl/N-ethyl adjacent to an activating group) is 1. The van der Waals surface area contributed by atoms with Gasteiger partial charge in [-0.3, -0.25) is 15.1 Å². The van der Waals surface area contributed by atoms with E-state index in [0.29, 0.717) is 17.1 Å². The molecule has 0 amide bonds. The lowest BCUT2D eigenvalue weighted by molar-refractivity contribution is 0.0965. The molecule has 5 heteroatoms. The van der Waals surface area contributed by atoms with E-state index < -0.39 is 0 Å². The molecule has 1 aliphatic heterocycles. The van der Waals surface area contributed by atoms with E-state index in [-0.39, 0.29) is 29.2 Å². The van der Waals surface area contributed by atoms with Gasteiger partial charge in [0.05, 0.1) is 12.6 Å². The molecule has 0 aliphatic carbocycles. The van der Waals surface area contributed by atoms with Crippen molar-refractivity contribution in [1.82, 2.24) is 9.80 Å².